The number of nitrogens with one attached hydrogen (secondary N) is 1. The smallest absolute Gasteiger partial charge is 0.0593 e. The van der Waals surface area contributed by atoms with Crippen molar-refractivity contribution in [3.05, 3.63) is 20.3 Å². The van der Waals surface area contributed by atoms with Gasteiger partial charge in [-0.25, -0.2) is 0 Å². The normalized spacial score (nSPS) is 11.4. The van der Waals surface area contributed by atoms with Gasteiger partial charge in [-0.1, -0.05) is 0 Å². The van der Waals surface area contributed by atoms with Crippen LogP contribution < -0.4 is 5.32 Å². The van der Waals surface area contributed by atoms with Crippen molar-refractivity contribution in [1.82, 2.24) is 10.2 Å². The van der Waals surface area contributed by atoms with Crippen LogP contribution in [0.2, 0.25) is 0 Å². The van der Waals surface area contributed by atoms with Crippen LogP contribution in [-0.4, -0.2) is 45.3 Å². The number of thiophene rings is 1. The van der Waals surface area contributed by atoms with Crippen molar-refractivity contribution in [3.63, 3.8) is 0 Å². The highest BCUT2D eigenvalue weighted by atomic mass is 79.9. The molecule has 0 radical (unpaired) electrons. The van der Waals surface area contributed by atoms with E-state index in [2.05, 4.69) is 53.2 Å². The molecule has 17 heavy (non-hydrogen) atoms. The minimum atomic E-state index is 0.777. The highest BCUT2D eigenvalue weighted by molar-refractivity contribution is 9.10. The zero-order chi connectivity index (χ0) is 12.7. The fourth-order valence-electron chi connectivity index (χ4n) is 1.31. The summed E-state index contributed by atoms with van der Waals surface area (Å²) in [6.45, 7) is 6.52. The fourth-order valence-corrected chi connectivity index (χ4v) is 2.88. The standard InChI is InChI=1S/C12H21BrN2OS/c1-10-12(13)8-11(17-10)9-14-4-6-16-7-5-15(2)3/h8,14H,4-7,9H2,1-3H3. The van der Waals surface area contributed by atoms with Gasteiger partial charge in [0.1, 0.15) is 0 Å². The zero-order valence-electron chi connectivity index (χ0n) is 10.8. The molecule has 98 valence electrons. The summed E-state index contributed by atoms with van der Waals surface area (Å²) in [5, 5.41) is 3.38. The van der Waals surface area contributed by atoms with E-state index in [1.54, 1.807) is 0 Å². The van der Waals surface area contributed by atoms with Gasteiger partial charge in [0.05, 0.1) is 13.2 Å². The average molecular weight is 321 g/mol. The summed E-state index contributed by atoms with van der Waals surface area (Å²) in [6, 6.07) is 2.18. The van der Waals surface area contributed by atoms with E-state index in [9.17, 15) is 0 Å². The van der Waals surface area contributed by atoms with Crippen molar-refractivity contribution in [2.24, 2.45) is 0 Å². The Morgan fingerprint density at radius 1 is 1.41 bits per heavy atom. The molecule has 0 aliphatic carbocycles. The summed E-state index contributed by atoms with van der Waals surface area (Å²) in [5.74, 6) is 0. The summed E-state index contributed by atoms with van der Waals surface area (Å²) in [6.07, 6.45) is 0. The van der Waals surface area contributed by atoms with E-state index in [0.29, 0.717) is 0 Å². The van der Waals surface area contributed by atoms with E-state index in [-0.39, 0.29) is 0 Å². The highest BCUT2D eigenvalue weighted by Crippen LogP contribution is 2.25. The Morgan fingerprint density at radius 3 is 2.76 bits per heavy atom. The Balaban J connectivity index is 2.01. The van der Waals surface area contributed by atoms with Crippen LogP contribution in [0, 0.1) is 6.92 Å². The van der Waals surface area contributed by atoms with Gasteiger partial charge in [-0.2, -0.15) is 0 Å². The Kier molecular flexibility index (Phi) is 7.30. The third-order valence-corrected chi connectivity index (χ3v) is 4.45. The van der Waals surface area contributed by atoms with Gasteiger partial charge in [0.2, 0.25) is 0 Å². The van der Waals surface area contributed by atoms with Gasteiger partial charge in [-0.3, -0.25) is 0 Å². The van der Waals surface area contributed by atoms with Gasteiger partial charge in [-0.15, -0.1) is 11.3 Å². The molecular weight excluding hydrogens is 300 g/mol. The number of likely N-dealkylation sites (N-methyl/N-ethyl adjacent to an activating group) is 1. The van der Waals surface area contributed by atoms with E-state index in [0.717, 1.165) is 32.8 Å². The number of halogens is 1. The maximum atomic E-state index is 5.50. The predicted molar refractivity (Wildman–Crippen MR) is 77.8 cm³/mol. The van der Waals surface area contributed by atoms with Crippen molar-refractivity contribution in [2.75, 3.05) is 40.4 Å². The zero-order valence-corrected chi connectivity index (χ0v) is 13.2. The van der Waals surface area contributed by atoms with E-state index >= 15 is 0 Å². The molecule has 0 spiro atoms. The molecule has 0 aliphatic heterocycles. The molecule has 0 saturated heterocycles. The quantitative estimate of drug-likeness (QED) is 0.745. The number of rotatable bonds is 8. The van der Waals surface area contributed by atoms with E-state index < -0.39 is 0 Å². The summed E-state index contributed by atoms with van der Waals surface area (Å²) < 4.78 is 6.71. The molecule has 0 atom stereocenters. The van der Waals surface area contributed by atoms with Crippen LogP contribution in [0.15, 0.2) is 10.5 Å². The Labute approximate surface area is 116 Å². The van der Waals surface area contributed by atoms with Crippen LogP contribution in [0.3, 0.4) is 0 Å². The lowest BCUT2D eigenvalue weighted by molar-refractivity contribution is 0.119. The summed E-state index contributed by atoms with van der Waals surface area (Å²) in [4.78, 5) is 4.83. The molecule has 1 rings (SSSR count). The Bertz CT molecular complexity index is 309. The molecule has 0 aromatic carbocycles. The second-order valence-electron chi connectivity index (χ2n) is 4.21. The van der Waals surface area contributed by atoms with Gasteiger partial charge >= 0.3 is 0 Å². The highest BCUT2D eigenvalue weighted by Gasteiger charge is 2.01. The van der Waals surface area contributed by atoms with E-state index in [1.165, 1.54) is 14.2 Å². The molecule has 1 aromatic rings. The van der Waals surface area contributed by atoms with Gasteiger partial charge in [-0.05, 0) is 43.0 Å². The lowest BCUT2D eigenvalue weighted by Gasteiger charge is -2.09. The van der Waals surface area contributed by atoms with Crippen molar-refractivity contribution in [3.8, 4) is 0 Å². The van der Waals surface area contributed by atoms with E-state index in [1.807, 2.05) is 11.3 Å². The van der Waals surface area contributed by atoms with Gasteiger partial charge < -0.3 is 15.0 Å². The maximum absolute atomic E-state index is 5.50. The minimum Gasteiger partial charge on any atom is -0.379 e. The lowest BCUT2D eigenvalue weighted by Crippen LogP contribution is -2.22. The van der Waals surface area contributed by atoms with Crippen molar-refractivity contribution in [1.29, 1.82) is 0 Å². The van der Waals surface area contributed by atoms with Crippen LogP contribution in [0.5, 0.6) is 0 Å². The monoisotopic (exact) mass is 320 g/mol. The maximum Gasteiger partial charge on any atom is 0.0593 e. The first-order valence-corrected chi connectivity index (χ1v) is 7.38. The molecule has 0 saturated carbocycles. The molecular formula is C12H21BrN2OS. The molecule has 0 fully saturated rings. The second-order valence-corrected chi connectivity index (χ2v) is 6.40. The number of nitrogens with zero attached hydrogens (tertiary/aromatic N) is 1. The number of hydrogen-bond acceptors (Lipinski definition) is 4. The SMILES string of the molecule is Cc1sc(CNCCOCCN(C)C)cc1Br. The molecule has 0 unspecified atom stereocenters. The number of aryl methyl sites for hydroxylation is 1. The van der Waals surface area contributed by atoms with Crippen LogP contribution >= 0.6 is 27.3 Å². The van der Waals surface area contributed by atoms with Gasteiger partial charge in [0.15, 0.2) is 0 Å². The van der Waals surface area contributed by atoms with Gasteiger partial charge in [0, 0.05) is 33.9 Å². The molecule has 3 nitrogen and oxygen atoms in total. The predicted octanol–water partition coefficient (Wildman–Crippen LogP) is 2.49. The molecule has 0 bridgehead atoms. The van der Waals surface area contributed by atoms with Crippen molar-refractivity contribution in [2.45, 2.75) is 13.5 Å². The molecule has 0 aliphatic rings. The summed E-state index contributed by atoms with van der Waals surface area (Å²) in [7, 11) is 4.11. The average Bonchev–Trinajstić information content (AvgIpc) is 2.56. The first-order valence-electron chi connectivity index (χ1n) is 5.77. The minimum absolute atomic E-state index is 0.777. The molecule has 1 N–H and O–H groups in total. The second kappa shape index (κ2) is 8.21. The van der Waals surface area contributed by atoms with Crippen LogP contribution in [-0.2, 0) is 11.3 Å². The first-order chi connectivity index (χ1) is 8.09. The Morgan fingerprint density at radius 2 is 2.18 bits per heavy atom. The largest absolute Gasteiger partial charge is 0.379 e. The third-order valence-electron chi connectivity index (χ3n) is 2.31. The van der Waals surface area contributed by atoms with Crippen LogP contribution in [0.1, 0.15) is 9.75 Å². The van der Waals surface area contributed by atoms with Crippen LogP contribution in [0.4, 0.5) is 0 Å². The van der Waals surface area contributed by atoms with Gasteiger partial charge in [0.25, 0.3) is 0 Å². The lowest BCUT2D eigenvalue weighted by atomic mass is 10.4. The van der Waals surface area contributed by atoms with Crippen molar-refractivity contribution >= 4 is 27.3 Å². The van der Waals surface area contributed by atoms with Crippen LogP contribution in [0.25, 0.3) is 0 Å². The number of hydrogen-bond donors (Lipinski definition) is 1. The Hall–Kier alpha value is 0.0600. The van der Waals surface area contributed by atoms with E-state index in [4.69, 9.17) is 4.74 Å². The topological polar surface area (TPSA) is 24.5 Å². The summed E-state index contributed by atoms with van der Waals surface area (Å²) in [5.41, 5.74) is 0. The van der Waals surface area contributed by atoms with Crippen molar-refractivity contribution < 1.29 is 4.74 Å². The molecule has 0 amide bonds. The summed E-state index contributed by atoms with van der Waals surface area (Å²) >= 11 is 5.36. The molecule has 1 aromatic heterocycles. The third kappa shape index (κ3) is 6.52. The molecule has 1 heterocycles. The first kappa shape index (κ1) is 15.1. The fraction of sp³-hybridized carbons (Fsp3) is 0.667. The molecule has 5 heteroatoms. The number of ether oxygens (including phenoxy) is 1.